The van der Waals surface area contributed by atoms with Crippen molar-refractivity contribution in [3.8, 4) is 18.1 Å². The van der Waals surface area contributed by atoms with Crippen molar-refractivity contribution in [2.24, 2.45) is 0 Å². The SMILES string of the molecule is C#CC1(Oc2ccccc2[N+](=O)[O-])CCN(CC=C)CC1. The Balaban J connectivity index is 2.16. The minimum absolute atomic E-state index is 0.0550. The van der Waals surface area contributed by atoms with E-state index >= 15 is 0 Å². The summed E-state index contributed by atoms with van der Waals surface area (Å²) in [6.07, 6.45) is 8.79. The first-order valence-electron chi connectivity index (χ1n) is 6.84. The number of nitro benzene ring substituents is 1. The maximum absolute atomic E-state index is 11.0. The first-order chi connectivity index (χ1) is 10.1. The molecule has 1 aliphatic rings. The van der Waals surface area contributed by atoms with Gasteiger partial charge in [-0.25, -0.2) is 0 Å². The molecule has 0 aliphatic carbocycles. The molecule has 1 aromatic carbocycles. The summed E-state index contributed by atoms with van der Waals surface area (Å²) in [6, 6.07) is 6.33. The molecule has 1 saturated heterocycles. The van der Waals surface area contributed by atoms with Crippen LogP contribution in [0.3, 0.4) is 0 Å². The molecule has 1 fully saturated rings. The molecular weight excluding hydrogens is 268 g/mol. The fourth-order valence-electron chi connectivity index (χ4n) is 2.46. The average Bonchev–Trinajstić information content (AvgIpc) is 2.50. The van der Waals surface area contributed by atoms with Gasteiger partial charge in [0.15, 0.2) is 11.4 Å². The molecule has 0 N–H and O–H groups in total. The van der Waals surface area contributed by atoms with E-state index in [2.05, 4.69) is 17.4 Å². The van der Waals surface area contributed by atoms with E-state index in [-0.39, 0.29) is 11.4 Å². The number of likely N-dealkylation sites (tertiary alicyclic amines) is 1. The molecule has 1 aromatic rings. The lowest BCUT2D eigenvalue weighted by Gasteiger charge is -2.38. The third-order valence-corrected chi connectivity index (χ3v) is 3.68. The molecule has 0 bridgehead atoms. The molecule has 1 aliphatic heterocycles. The topological polar surface area (TPSA) is 55.6 Å². The summed E-state index contributed by atoms with van der Waals surface area (Å²) < 4.78 is 5.88. The molecule has 110 valence electrons. The van der Waals surface area contributed by atoms with Gasteiger partial charge in [0.2, 0.25) is 0 Å². The predicted octanol–water partition coefficient (Wildman–Crippen LogP) is 2.63. The number of nitrogens with zero attached hydrogens (tertiary/aromatic N) is 2. The second-order valence-corrected chi connectivity index (χ2v) is 5.05. The zero-order valence-electron chi connectivity index (χ0n) is 11.8. The minimum Gasteiger partial charge on any atom is -0.467 e. The molecule has 5 heteroatoms. The van der Waals surface area contributed by atoms with E-state index in [0.29, 0.717) is 12.8 Å². The fraction of sp³-hybridized carbons (Fsp3) is 0.375. The van der Waals surface area contributed by atoms with E-state index in [4.69, 9.17) is 11.2 Å². The fourth-order valence-corrected chi connectivity index (χ4v) is 2.46. The van der Waals surface area contributed by atoms with Gasteiger partial charge in [0.25, 0.3) is 0 Å². The number of benzene rings is 1. The highest BCUT2D eigenvalue weighted by Gasteiger charge is 2.36. The largest absolute Gasteiger partial charge is 0.467 e. The van der Waals surface area contributed by atoms with Crippen molar-refractivity contribution < 1.29 is 9.66 Å². The summed E-state index contributed by atoms with van der Waals surface area (Å²) in [5.74, 6) is 2.93. The third kappa shape index (κ3) is 3.41. The number of para-hydroxylation sites is 2. The molecule has 0 amide bonds. The zero-order valence-corrected chi connectivity index (χ0v) is 11.8. The number of hydrogen-bond acceptors (Lipinski definition) is 4. The van der Waals surface area contributed by atoms with Gasteiger partial charge in [-0.1, -0.05) is 24.1 Å². The summed E-state index contributed by atoms with van der Waals surface area (Å²) >= 11 is 0. The average molecular weight is 286 g/mol. The smallest absolute Gasteiger partial charge is 0.310 e. The van der Waals surface area contributed by atoms with Crippen molar-refractivity contribution in [3.05, 3.63) is 47.0 Å². The molecule has 0 unspecified atom stereocenters. The van der Waals surface area contributed by atoms with Gasteiger partial charge in [0.1, 0.15) is 0 Å². The maximum Gasteiger partial charge on any atom is 0.310 e. The zero-order chi connectivity index (χ0) is 15.3. The van der Waals surface area contributed by atoms with Gasteiger partial charge in [-0.15, -0.1) is 13.0 Å². The first kappa shape index (κ1) is 15.1. The minimum atomic E-state index is -0.774. The van der Waals surface area contributed by atoms with Crippen molar-refractivity contribution in [1.29, 1.82) is 0 Å². The van der Waals surface area contributed by atoms with Crippen LogP contribution in [0.5, 0.6) is 5.75 Å². The van der Waals surface area contributed by atoms with Gasteiger partial charge in [-0.3, -0.25) is 15.0 Å². The number of piperidine rings is 1. The Bertz CT molecular complexity index is 569. The lowest BCUT2D eigenvalue weighted by Crippen LogP contribution is -2.47. The van der Waals surface area contributed by atoms with Crippen LogP contribution in [0.1, 0.15) is 12.8 Å². The molecular formula is C16H18N2O3. The molecule has 2 rings (SSSR count). The van der Waals surface area contributed by atoms with Crippen molar-refractivity contribution in [3.63, 3.8) is 0 Å². The standard InChI is InChI=1S/C16H18N2O3/c1-3-11-17-12-9-16(4-2,10-13-17)21-15-8-6-5-7-14(15)18(19)20/h2-3,5-8H,1,9-13H2. The predicted molar refractivity (Wildman–Crippen MR) is 81.2 cm³/mol. The Labute approximate surface area is 124 Å². The summed E-state index contributed by atoms with van der Waals surface area (Å²) in [4.78, 5) is 12.8. The normalized spacial score (nSPS) is 17.7. The Morgan fingerprint density at radius 2 is 2.14 bits per heavy atom. The van der Waals surface area contributed by atoms with Gasteiger partial charge < -0.3 is 4.74 Å². The van der Waals surface area contributed by atoms with Crippen LogP contribution in [0.4, 0.5) is 5.69 Å². The Morgan fingerprint density at radius 1 is 1.48 bits per heavy atom. The number of ether oxygens (including phenoxy) is 1. The van der Waals surface area contributed by atoms with E-state index in [0.717, 1.165) is 19.6 Å². The van der Waals surface area contributed by atoms with E-state index < -0.39 is 10.5 Å². The monoisotopic (exact) mass is 286 g/mol. The molecule has 0 radical (unpaired) electrons. The summed E-state index contributed by atoms with van der Waals surface area (Å²) in [6.45, 7) is 6.11. The van der Waals surface area contributed by atoms with Gasteiger partial charge in [-0.2, -0.15) is 0 Å². The summed E-state index contributed by atoms with van der Waals surface area (Å²) in [7, 11) is 0. The highest BCUT2D eigenvalue weighted by atomic mass is 16.6. The van der Waals surface area contributed by atoms with Crippen LogP contribution in [-0.2, 0) is 0 Å². The van der Waals surface area contributed by atoms with Gasteiger partial charge in [0, 0.05) is 38.5 Å². The highest BCUT2D eigenvalue weighted by Crippen LogP contribution is 2.33. The second-order valence-electron chi connectivity index (χ2n) is 5.05. The van der Waals surface area contributed by atoms with Crippen LogP contribution in [0.15, 0.2) is 36.9 Å². The summed E-state index contributed by atoms with van der Waals surface area (Å²) in [5.41, 5.74) is -0.829. The van der Waals surface area contributed by atoms with Crippen molar-refractivity contribution in [2.75, 3.05) is 19.6 Å². The van der Waals surface area contributed by atoms with Crippen molar-refractivity contribution >= 4 is 5.69 Å². The summed E-state index contributed by atoms with van der Waals surface area (Å²) in [5, 5.41) is 11.0. The lowest BCUT2D eigenvalue weighted by molar-refractivity contribution is -0.386. The Kier molecular flexibility index (Phi) is 4.61. The van der Waals surface area contributed by atoms with Crippen LogP contribution in [0, 0.1) is 22.5 Å². The molecule has 0 saturated carbocycles. The second kappa shape index (κ2) is 6.42. The Hall–Kier alpha value is -2.32. The third-order valence-electron chi connectivity index (χ3n) is 3.68. The van der Waals surface area contributed by atoms with Crippen LogP contribution in [-0.4, -0.2) is 35.1 Å². The van der Waals surface area contributed by atoms with Crippen LogP contribution < -0.4 is 4.74 Å². The highest BCUT2D eigenvalue weighted by molar-refractivity contribution is 5.46. The molecule has 5 nitrogen and oxygen atoms in total. The number of hydrogen-bond donors (Lipinski definition) is 0. The molecule has 0 aromatic heterocycles. The van der Waals surface area contributed by atoms with Crippen molar-refractivity contribution in [2.45, 2.75) is 18.4 Å². The van der Waals surface area contributed by atoms with E-state index in [1.165, 1.54) is 6.07 Å². The van der Waals surface area contributed by atoms with E-state index in [1.807, 2.05) is 6.08 Å². The van der Waals surface area contributed by atoms with Crippen LogP contribution in [0.25, 0.3) is 0 Å². The van der Waals surface area contributed by atoms with E-state index in [1.54, 1.807) is 18.2 Å². The maximum atomic E-state index is 11.0. The lowest BCUT2D eigenvalue weighted by atomic mass is 9.92. The van der Waals surface area contributed by atoms with Crippen LogP contribution in [0.2, 0.25) is 0 Å². The molecule has 1 heterocycles. The van der Waals surface area contributed by atoms with Gasteiger partial charge in [-0.05, 0) is 6.07 Å². The number of terminal acetylenes is 1. The molecule has 0 spiro atoms. The van der Waals surface area contributed by atoms with Gasteiger partial charge in [0.05, 0.1) is 4.92 Å². The quantitative estimate of drug-likeness (QED) is 0.361. The first-order valence-corrected chi connectivity index (χ1v) is 6.84. The van der Waals surface area contributed by atoms with Gasteiger partial charge >= 0.3 is 5.69 Å². The van der Waals surface area contributed by atoms with E-state index in [9.17, 15) is 10.1 Å². The Morgan fingerprint density at radius 3 is 2.71 bits per heavy atom. The molecule has 0 atom stereocenters. The number of rotatable bonds is 5. The number of nitro groups is 1. The molecule has 21 heavy (non-hydrogen) atoms. The van der Waals surface area contributed by atoms with Crippen molar-refractivity contribution in [1.82, 2.24) is 4.90 Å². The van der Waals surface area contributed by atoms with Crippen LogP contribution >= 0.6 is 0 Å².